The zero-order chi connectivity index (χ0) is 13.5. The van der Waals surface area contributed by atoms with E-state index in [2.05, 4.69) is 11.4 Å². The predicted octanol–water partition coefficient (Wildman–Crippen LogP) is 4.74. The van der Waals surface area contributed by atoms with Gasteiger partial charge in [-0.2, -0.15) is 0 Å². The second kappa shape index (κ2) is 4.72. The van der Waals surface area contributed by atoms with Gasteiger partial charge in [-0.25, -0.2) is 0 Å². The van der Waals surface area contributed by atoms with Crippen LogP contribution in [0.25, 0.3) is 9.40 Å². The first kappa shape index (κ1) is 12.1. The number of hydrogen-bond acceptors (Lipinski definition) is 4. The molecule has 1 aromatic carbocycles. The Balaban J connectivity index is 1.65. The molecule has 4 heteroatoms. The van der Waals surface area contributed by atoms with Gasteiger partial charge in [-0.3, -0.25) is 4.79 Å². The van der Waals surface area contributed by atoms with Gasteiger partial charge in [-0.05, 0) is 42.5 Å². The van der Waals surface area contributed by atoms with Crippen molar-refractivity contribution in [2.24, 2.45) is 0 Å². The van der Waals surface area contributed by atoms with Crippen molar-refractivity contribution in [2.45, 2.75) is 18.9 Å². The van der Waals surface area contributed by atoms with E-state index >= 15 is 0 Å². The minimum Gasteiger partial charge on any atom is -0.490 e. The third-order valence-corrected chi connectivity index (χ3v) is 5.38. The van der Waals surface area contributed by atoms with Crippen LogP contribution in [-0.2, 0) is 0 Å². The average molecular weight is 300 g/mol. The Labute approximate surface area is 124 Å². The van der Waals surface area contributed by atoms with Gasteiger partial charge in [-0.1, -0.05) is 12.1 Å². The Bertz CT molecular complexity index is 752. The monoisotopic (exact) mass is 300 g/mol. The van der Waals surface area contributed by atoms with Crippen LogP contribution in [0.2, 0.25) is 0 Å². The van der Waals surface area contributed by atoms with E-state index in [1.54, 1.807) is 22.7 Å². The normalized spacial score (nSPS) is 14.6. The highest BCUT2D eigenvalue weighted by molar-refractivity contribution is 7.28. The van der Waals surface area contributed by atoms with E-state index in [9.17, 15) is 4.79 Å². The number of rotatable bonds is 4. The van der Waals surface area contributed by atoms with Gasteiger partial charge in [0.15, 0.2) is 0 Å². The molecule has 1 fully saturated rings. The minimum atomic E-state index is 0.0830. The second-order valence-electron chi connectivity index (χ2n) is 4.93. The summed E-state index contributed by atoms with van der Waals surface area (Å²) >= 11 is 3.23. The van der Waals surface area contributed by atoms with Gasteiger partial charge in [0.2, 0.25) is 5.78 Å². The van der Waals surface area contributed by atoms with Gasteiger partial charge in [-0.15, -0.1) is 22.7 Å². The molecule has 0 amide bonds. The first-order valence-corrected chi connectivity index (χ1v) is 8.28. The van der Waals surface area contributed by atoms with Crippen molar-refractivity contribution in [1.82, 2.24) is 0 Å². The maximum atomic E-state index is 12.5. The molecule has 1 aliphatic carbocycles. The molecule has 100 valence electrons. The largest absolute Gasteiger partial charge is 0.490 e. The Morgan fingerprint density at radius 2 is 2.05 bits per heavy atom. The second-order valence-corrected chi connectivity index (χ2v) is 6.97. The molecule has 0 spiro atoms. The molecule has 2 aromatic heterocycles. The molecule has 1 aliphatic rings. The van der Waals surface area contributed by atoms with Gasteiger partial charge in [0.05, 0.1) is 11.0 Å². The van der Waals surface area contributed by atoms with Crippen LogP contribution in [0.4, 0.5) is 0 Å². The Hall–Kier alpha value is -1.65. The first-order chi connectivity index (χ1) is 9.79. The summed E-state index contributed by atoms with van der Waals surface area (Å²) in [5.41, 5.74) is 0.706. The van der Waals surface area contributed by atoms with Crippen LogP contribution in [0.5, 0.6) is 5.75 Å². The molecule has 3 aromatic rings. The van der Waals surface area contributed by atoms with Crippen molar-refractivity contribution in [1.29, 1.82) is 0 Å². The average Bonchev–Trinajstić information content (AvgIpc) is 3.00. The number of carbonyl (C=O) groups excluding carboxylic acids is 1. The molecule has 0 aliphatic heterocycles. The summed E-state index contributed by atoms with van der Waals surface area (Å²) in [7, 11) is 0. The zero-order valence-corrected chi connectivity index (χ0v) is 12.3. The molecule has 2 heterocycles. The number of ketones is 1. The summed E-state index contributed by atoms with van der Waals surface area (Å²) in [6.07, 6.45) is 2.60. The van der Waals surface area contributed by atoms with Crippen LogP contribution in [0.1, 0.15) is 28.1 Å². The van der Waals surface area contributed by atoms with Crippen molar-refractivity contribution in [3.63, 3.8) is 0 Å². The summed E-state index contributed by atoms with van der Waals surface area (Å²) in [6.45, 7) is 0. The van der Waals surface area contributed by atoms with Gasteiger partial charge in [0, 0.05) is 15.0 Å². The Morgan fingerprint density at radius 3 is 2.85 bits per heavy atom. The van der Waals surface area contributed by atoms with E-state index in [0.717, 1.165) is 23.5 Å². The highest BCUT2D eigenvalue weighted by Gasteiger charge is 2.23. The number of ether oxygens (including phenoxy) is 1. The van der Waals surface area contributed by atoms with Crippen LogP contribution >= 0.6 is 22.7 Å². The standard InChI is InChI=1S/C16H12O2S2/c17-16(15-9-14-13(20-15)6-7-19-14)10-2-1-3-12(8-10)18-11-4-5-11/h1-3,6-9,11H,4-5H2. The van der Waals surface area contributed by atoms with E-state index in [0.29, 0.717) is 11.7 Å². The number of thiophene rings is 2. The van der Waals surface area contributed by atoms with Crippen molar-refractivity contribution in [2.75, 3.05) is 0 Å². The van der Waals surface area contributed by atoms with E-state index < -0.39 is 0 Å². The molecule has 0 unspecified atom stereocenters. The summed E-state index contributed by atoms with van der Waals surface area (Å²) in [6, 6.07) is 11.6. The highest BCUT2D eigenvalue weighted by Crippen LogP contribution is 2.32. The van der Waals surface area contributed by atoms with Crippen molar-refractivity contribution in [3.05, 3.63) is 52.2 Å². The molecule has 0 saturated heterocycles. The third kappa shape index (κ3) is 2.25. The molecule has 0 radical (unpaired) electrons. The summed E-state index contributed by atoms with van der Waals surface area (Å²) in [4.78, 5) is 13.3. The fraction of sp³-hybridized carbons (Fsp3) is 0.188. The third-order valence-electron chi connectivity index (χ3n) is 3.29. The predicted molar refractivity (Wildman–Crippen MR) is 83.2 cm³/mol. The first-order valence-electron chi connectivity index (χ1n) is 6.58. The topological polar surface area (TPSA) is 26.3 Å². The van der Waals surface area contributed by atoms with Crippen LogP contribution in [0.15, 0.2) is 41.8 Å². The summed E-state index contributed by atoms with van der Waals surface area (Å²) in [5, 5.41) is 2.06. The van der Waals surface area contributed by atoms with Crippen LogP contribution in [-0.4, -0.2) is 11.9 Å². The van der Waals surface area contributed by atoms with Crippen LogP contribution in [0.3, 0.4) is 0 Å². The zero-order valence-electron chi connectivity index (χ0n) is 10.7. The lowest BCUT2D eigenvalue weighted by atomic mass is 10.1. The van der Waals surface area contributed by atoms with Gasteiger partial charge in [0.1, 0.15) is 5.75 Å². The molecule has 0 N–H and O–H groups in total. The molecular weight excluding hydrogens is 288 g/mol. The Morgan fingerprint density at radius 1 is 1.15 bits per heavy atom. The molecule has 0 atom stereocenters. The number of carbonyl (C=O) groups is 1. The maximum Gasteiger partial charge on any atom is 0.203 e. The van der Waals surface area contributed by atoms with Gasteiger partial charge >= 0.3 is 0 Å². The molecule has 0 bridgehead atoms. The van der Waals surface area contributed by atoms with Crippen molar-refractivity contribution < 1.29 is 9.53 Å². The molecule has 20 heavy (non-hydrogen) atoms. The van der Waals surface area contributed by atoms with Crippen molar-refractivity contribution >= 4 is 37.9 Å². The SMILES string of the molecule is O=C(c1cccc(OC2CC2)c1)c1cc2sccc2s1. The lowest BCUT2D eigenvalue weighted by Gasteiger charge is -2.05. The van der Waals surface area contributed by atoms with Gasteiger partial charge in [0.25, 0.3) is 0 Å². The quantitative estimate of drug-likeness (QED) is 0.651. The molecule has 1 saturated carbocycles. The number of benzene rings is 1. The number of hydrogen-bond donors (Lipinski definition) is 0. The van der Waals surface area contributed by atoms with E-state index in [1.165, 1.54) is 9.40 Å². The van der Waals surface area contributed by atoms with E-state index in [-0.39, 0.29) is 5.78 Å². The smallest absolute Gasteiger partial charge is 0.203 e. The minimum absolute atomic E-state index is 0.0830. The van der Waals surface area contributed by atoms with Crippen LogP contribution < -0.4 is 4.74 Å². The lowest BCUT2D eigenvalue weighted by molar-refractivity contribution is 0.104. The van der Waals surface area contributed by atoms with Crippen molar-refractivity contribution in [3.8, 4) is 5.75 Å². The molecule has 4 rings (SSSR count). The number of fused-ring (bicyclic) bond motifs is 1. The van der Waals surface area contributed by atoms with Gasteiger partial charge < -0.3 is 4.74 Å². The fourth-order valence-electron chi connectivity index (χ4n) is 2.11. The summed E-state index contributed by atoms with van der Waals surface area (Å²) in [5.74, 6) is 0.886. The summed E-state index contributed by atoms with van der Waals surface area (Å²) < 4.78 is 8.12. The molecular formula is C16H12O2S2. The lowest BCUT2D eigenvalue weighted by Crippen LogP contribution is -2.01. The fourth-order valence-corrected chi connectivity index (χ4v) is 4.18. The van der Waals surface area contributed by atoms with E-state index in [4.69, 9.17) is 4.74 Å². The Kier molecular flexibility index (Phi) is 2.86. The van der Waals surface area contributed by atoms with Crippen LogP contribution in [0, 0.1) is 0 Å². The maximum absolute atomic E-state index is 12.5. The molecule has 2 nitrogen and oxygen atoms in total. The van der Waals surface area contributed by atoms with E-state index in [1.807, 2.05) is 30.3 Å². The highest BCUT2D eigenvalue weighted by atomic mass is 32.1.